The van der Waals surface area contributed by atoms with Crippen molar-refractivity contribution in [3.63, 3.8) is 0 Å². The van der Waals surface area contributed by atoms with Crippen molar-refractivity contribution in [2.24, 2.45) is 0 Å². The largest absolute Gasteiger partial charge is 0.494 e. The first-order valence-electron chi connectivity index (χ1n) is 5.23. The average molecular weight is 242 g/mol. The van der Waals surface area contributed by atoms with Gasteiger partial charge in [-0.2, -0.15) is 0 Å². The van der Waals surface area contributed by atoms with E-state index in [0.717, 1.165) is 0 Å². The Morgan fingerprint density at radius 2 is 2.00 bits per heavy atom. The third-order valence-corrected chi connectivity index (χ3v) is 2.56. The fraction of sp³-hybridized carbons (Fsp3) is 0.0909. The van der Waals surface area contributed by atoms with Gasteiger partial charge in [0.05, 0.1) is 12.7 Å². The van der Waals surface area contributed by atoms with Crippen molar-refractivity contribution in [2.75, 3.05) is 12.8 Å². The number of H-pyrrole nitrogens is 1. The van der Waals surface area contributed by atoms with Crippen molar-refractivity contribution in [1.29, 1.82) is 0 Å². The number of fused-ring (bicyclic) bond motifs is 1. The third-order valence-electron chi connectivity index (χ3n) is 2.56. The Bertz CT molecular complexity index is 693. The lowest BCUT2D eigenvalue weighted by molar-refractivity contribution is 0.420. The van der Waals surface area contributed by atoms with Crippen molar-refractivity contribution in [1.82, 2.24) is 24.9 Å². The summed E-state index contributed by atoms with van der Waals surface area (Å²) < 4.78 is 5.18. The van der Waals surface area contributed by atoms with Gasteiger partial charge in [-0.3, -0.25) is 0 Å². The van der Waals surface area contributed by atoms with Crippen LogP contribution in [-0.2, 0) is 0 Å². The molecule has 0 spiro atoms. The molecule has 0 aromatic carbocycles. The van der Waals surface area contributed by atoms with E-state index in [1.807, 2.05) is 0 Å². The zero-order valence-corrected chi connectivity index (χ0v) is 9.58. The van der Waals surface area contributed by atoms with E-state index >= 15 is 0 Å². The molecule has 0 unspecified atom stereocenters. The molecule has 3 rings (SSSR count). The minimum atomic E-state index is 0.358. The van der Waals surface area contributed by atoms with E-state index in [2.05, 4.69) is 24.9 Å². The molecular weight excluding hydrogens is 232 g/mol. The highest BCUT2D eigenvalue weighted by Gasteiger charge is 2.13. The molecular formula is C11H10N6O. The van der Waals surface area contributed by atoms with Crippen LogP contribution >= 0.6 is 0 Å². The lowest BCUT2D eigenvalue weighted by Crippen LogP contribution is -1.98. The van der Waals surface area contributed by atoms with Crippen molar-refractivity contribution in [3.8, 4) is 17.1 Å². The second-order valence-electron chi connectivity index (χ2n) is 3.64. The fourth-order valence-electron chi connectivity index (χ4n) is 1.74. The summed E-state index contributed by atoms with van der Waals surface area (Å²) in [6, 6.07) is 0. The summed E-state index contributed by atoms with van der Waals surface area (Å²) in [6.45, 7) is 0. The topological polar surface area (TPSA) is 103 Å². The highest BCUT2D eigenvalue weighted by atomic mass is 16.5. The van der Waals surface area contributed by atoms with Crippen LogP contribution < -0.4 is 10.5 Å². The van der Waals surface area contributed by atoms with Gasteiger partial charge in [0.15, 0.2) is 5.82 Å². The molecule has 0 saturated heterocycles. The van der Waals surface area contributed by atoms with Gasteiger partial charge in [-0.05, 0) is 0 Å². The molecule has 3 aromatic rings. The molecule has 3 aromatic heterocycles. The molecule has 3 heterocycles. The summed E-state index contributed by atoms with van der Waals surface area (Å²) in [6.07, 6.45) is 6.41. The lowest BCUT2D eigenvalue weighted by atomic mass is 10.3. The highest BCUT2D eigenvalue weighted by molar-refractivity contribution is 5.93. The Labute approximate surface area is 102 Å². The predicted molar refractivity (Wildman–Crippen MR) is 65.9 cm³/mol. The molecule has 0 bridgehead atoms. The van der Waals surface area contributed by atoms with E-state index in [4.69, 9.17) is 10.5 Å². The van der Waals surface area contributed by atoms with Crippen LogP contribution in [0.5, 0.6) is 5.75 Å². The summed E-state index contributed by atoms with van der Waals surface area (Å²) in [4.78, 5) is 19.5. The number of aromatic amines is 1. The van der Waals surface area contributed by atoms with E-state index in [-0.39, 0.29) is 0 Å². The van der Waals surface area contributed by atoms with E-state index in [0.29, 0.717) is 34.0 Å². The van der Waals surface area contributed by atoms with Gasteiger partial charge >= 0.3 is 0 Å². The number of anilines is 1. The molecule has 0 amide bonds. The van der Waals surface area contributed by atoms with Crippen LogP contribution in [-0.4, -0.2) is 32.0 Å². The zero-order valence-electron chi connectivity index (χ0n) is 9.58. The van der Waals surface area contributed by atoms with Crippen LogP contribution in [0.4, 0.5) is 5.82 Å². The van der Waals surface area contributed by atoms with Crippen LogP contribution in [0.15, 0.2) is 24.9 Å². The second kappa shape index (κ2) is 3.95. The minimum Gasteiger partial charge on any atom is -0.494 e. The number of methoxy groups -OCH3 is 1. The Kier molecular flexibility index (Phi) is 2.30. The maximum absolute atomic E-state index is 5.92. The van der Waals surface area contributed by atoms with Crippen molar-refractivity contribution >= 4 is 16.9 Å². The maximum Gasteiger partial charge on any atom is 0.167 e. The van der Waals surface area contributed by atoms with Crippen molar-refractivity contribution in [3.05, 3.63) is 24.9 Å². The molecule has 3 N–H and O–H groups in total. The van der Waals surface area contributed by atoms with Gasteiger partial charge < -0.3 is 15.5 Å². The molecule has 0 fully saturated rings. The molecule has 7 nitrogen and oxygen atoms in total. The quantitative estimate of drug-likeness (QED) is 0.695. The number of aromatic nitrogens is 5. The van der Waals surface area contributed by atoms with Crippen LogP contribution in [0.25, 0.3) is 22.4 Å². The van der Waals surface area contributed by atoms with Gasteiger partial charge in [0.1, 0.15) is 28.9 Å². The molecule has 0 aliphatic heterocycles. The Balaban J connectivity index is 2.23. The van der Waals surface area contributed by atoms with Crippen molar-refractivity contribution < 1.29 is 4.74 Å². The van der Waals surface area contributed by atoms with E-state index in [9.17, 15) is 0 Å². The monoisotopic (exact) mass is 242 g/mol. The predicted octanol–water partition coefficient (Wildman–Crippen LogP) is 1.01. The summed E-state index contributed by atoms with van der Waals surface area (Å²) in [5, 5.41) is 0.679. The van der Waals surface area contributed by atoms with Gasteiger partial charge in [0, 0.05) is 18.6 Å². The Morgan fingerprint density at radius 1 is 1.22 bits per heavy atom. The first-order valence-corrected chi connectivity index (χ1v) is 5.23. The molecule has 7 heteroatoms. The number of nitrogen functional groups attached to an aromatic ring is 1. The molecule has 0 radical (unpaired) electrons. The smallest absolute Gasteiger partial charge is 0.167 e. The SMILES string of the molecule is COc1c[nH]c2nc(-c3cncnc3)nc(N)c12. The van der Waals surface area contributed by atoms with E-state index < -0.39 is 0 Å². The molecule has 0 aliphatic rings. The molecule has 0 saturated carbocycles. The van der Waals surface area contributed by atoms with Gasteiger partial charge in [-0.25, -0.2) is 19.9 Å². The first-order chi connectivity index (χ1) is 8.79. The first kappa shape index (κ1) is 10.5. The van der Waals surface area contributed by atoms with Crippen LogP contribution in [0.3, 0.4) is 0 Å². The Morgan fingerprint density at radius 3 is 2.72 bits per heavy atom. The number of hydrogen-bond acceptors (Lipinski definition) is 6. The lowest BCUT2D eigenvalue weighted by Gasteiger charge is -2.03. The minimum absolute atomic E-state index is 0.358. The molecule has 0 atom stereocenters. The number of nitrogens with one attached hydrogen (secondary N) is 1. The number of rotatable bonds is 2. The standard InChI is InChI=1S/C11H10N6O/c1-18-7-4-15-11-8(7)9(12)16-10(17-11)6-2-13-5-14-3-6/h2-5H,1H3,(H3,12,15,16,17). The Hall–Kier alpha value is -2.70. The van der Waals surface area contributed by atoms with Crippen LogP contribution in [0, 0.1) is 0 Å². The van der Waals surface area contributed by atoms with Gasteiger partial charge in [-0.15, -0.1) is 0 Å². The fourth-order valence-corrected chi connectivity index (χ4v) is 1.74. The summed E-state index contributed by atoms with van der Waals surface area (Å²) in [5.41, 5.74) is 7.25. The maximum atomic E-state index is 5.92. The van der Waals surface area contributed by atoms with Crippen LogP contribution in [0.2, 0.25) is 0 Å². The number of nitrogens with zero attached hydrogens (tertiary/aromatic N) is 4. The van der Waals surface area contributed by atoms with Crippen molar-refractivity contribution in [2.45, 2.75) is 0 Å². The average Bonchev–Trinajstić information content (AvgIpc) is 2.83. The summed E-state index contributed by atoms with van der Waals surface area (Å²) >= 11 is 0. The number of hydrogen-bond donors (Lipinski definition) is 2. The van der Waals surface area contributed by atoms with Gasteiger partial charge in [0.25, 0.3) is 0 Å². The van der Waals surface area contributed by atoms with Gasteiger partial charge in [0.2, 0.25) is 0 Å². The zero-order chi connectivity index (χ0) is 12.5. The molecule has 18 heavy (non-hydrogen) atoms. The number of ether oxygens (including phenoxy) is 1. The third kappa shape index (κ3) is 1.53. The summed E-state index contributed by atoms with van der Waals surface area (Å²) in [5.74, 6) is 1.46. The molecule has 0 aliphatic carbocycles. The normalized spacial score (nSPS) is 10.7. The van der Waals surface area contributed by atoms with Crippen LogP contribution in [0.1, 0.15) is 0 Å². The second-order valence-corrected chi connectivity index (χ2v) is 3.64. The van der Waals surface area contributed by atoms with E-state index in [1.165, 1.54) is 6.33 Å². The number of nitrogens with two attached hydrogens (primary N) is 1. The highest BCUT2D eigenvalue weighted by Crippen LogP contribution is 2.29. The van der Waals surface area contributed by atoms with E-state index in [1.54, 1.807) is 25.7 Å². The van der Waals surface area contributed by atoms with Gasteiger partial charge in [-0.1, -0.05) is 0 Å². The summed E-state index contributed by atoms with van der Waals surface area (Å²) in [7, 11) is 1.57. The molecule has 90 valence electrons.